The minimum Gasteiger partial charge on any atom is -0.367 e. The molecule has 7 nitrogen and oxygen atoms in total. The zero-order valence-corrected chi connectivity index (χ0v) is 11.7. The molecule has 1 fully saturated rings. The van der Waals surface area contributed by atoms with Crippen LogP contribution < -0.4 is 11.0 Å². The highest BCUT2D eigenvalue weighted by Gasteiger charge is 2.14. The van der Waals surface area contributed by atoms with Crippen molar-refractivity contribution in [1.82, 2.24) is 24.7 Å². The highest BCUT2D eigenvalue weighted by molar-refractivity contribution is 5.42. The zero-order valence-electron chi connectivity index (χ0n) is 11.7. The molecule has 2 aromatic heterocycles. The third-order valence-corrected chi connectivity index (χ3v) is 3.88. The van der Waals surface area contributed by atoms with Crippen LogP contribution in [0.2, 0.25) is 0 Å². The predicted molar refractivity (Wildman–Crippen MR) is 76.9 cm³/mol. The third kappa shape index (κ3) is 2.82. The molecule has 0 unspecified atom stereocenters. The quantitative estimate of drug-likeness (QED) is 0.853. The minimum absolute atomic E-state index is 0.311. The van der Waals surface area contributed by atoms with Crippen LogP contribution in [0.1, 0.15) is 19.8 Å². The van der Waals surface area contributed by atoms with Gasteiger partial charge in [-0.2, -0.15) is 9.61 Å². The lowest BCUT2D eigenvalue weighted by atomic mass is 9.99. The summed E-state index contributed by atoms with van der Waals surface area (Å²) >= 11 is 0. The van der Waals surface area contributed by atoms with Crippen molar-refractivity contribution < 1.29 is 0 Å². The largest absolute Gasteiger partial charge is 0.367 e. The summed E-state index contributed by atoms with van der Waals surface area (Å²) in [4.78, 5) is 13.9. The van der Waals surface area contributed by atoms with E-state index in [2.05, 4.69) is 32.4 Å². The van der Waals surface area contributed by atoms with Crippen molar-refractivity contribution in [3.05, 3.63) is 22.6 Å². The number of hydrogen-bond acceptors (Lipinski definition) is 5. The minimum atomic E-state index is -0.311. The number of piperidine rings is 1. The van der Waals surface area contributed by atoms with Crippen molar-refractivity contribution >= 4 is 11.5 Å². The number of aromatic amines is 1. The molecule has 108 valence electrons. The first-order chi connectivity index (χ1) is 9.72. The van der Waals surface area contributed by atoms with E-state index in [-0.39, 0.29) is 5.69 Å². The molecular weight excluding hydrogens is 256 g/mol. The molecule has 0 spiro atoms. The maximum atomic E-state index is 11.4. The molecule has 0 aliphatic carbocycles. The van der Waals surface area contributed by atoms with E-state index in [4.69, 9.17) is 0 Å². The van der Waals surface area contributed by atoms with Crippen LogP contribution >= 0.6 is 0 Å². The van der Waals surface area contributed by atoms with Gasteiger partial charge in [-0.25, -0.2) is 9.89 Å². The Bertz CT molecular complexity index is 625. The molecule has 0 atom stereocenters. The Hall–Kier alpha value is -1.89. The van der Waals surface area contributed by atoms with E-state index in [0.717, 1.165) is 19.0 Å². The molecule has 3 heterocycles. The van der Waals surface area contributed by atoms with Crippen molar-refractivity contribution in [3.63, 3.8) is 0 Å². The molecule has 2 N–H and O–H groups in total. The molecule has 0 aromatic carbocycles. The maximum absolute atomic E-state index is 11.4. The molecule has 7 heteroatoms. The highest BCUT2D eigenvalue weighted by atomic mass is 16.2. The fourth-order valence-electron chi connectivity index (χ4n) is 2.52. The lowest BCUT2D eigenvalue weighted by Crippen LogP contribution is -2.36. The Labute approximate surface area is 117 Å². The standard InChI is InChI=1S/C13H20N6O/c1-10-4-7-18(8-5-10)9-6-14-11-2-3-12-15-16-13(20)19(12)17-11/h2-3,10H,4-9H2,1H3,(H,14,17)(H,16,20). The second-order valence-electron chi connectivity index (χ2n) is 5.47. The number of nitrogens with zero attached hydrogens (tertiary/aromatic N) is 4. The second-order valence-corrected chi connectivity index (χ2v) is 5.47. The van der Waals surface area contributed by atoms with Crippen LogP contribution in [0.25, 0.3) is 5.65 Å². The lowest BCUT2D eigenvalue weighted by molar-refractivity contribution is 0.199. The first kappa shape index (κ1) is 13.1. The van der Waals surface area contributed by atoms with E-state index in [1.165, 1.54) is 30.4 Å². The van der Waals surface area contributed by atoms with E-state index >= 15 is 0 Å². The van der Waals surface area contributed by atoms with E-state index in [9.17, 15) is 4.79 Å². The average molecular weight is 276 g/mol. The Morgan fingerprint density at radius 3 is 3.00 bits per heavy atom. The summed E-state index contributed by atoms with van der Waals surface area (Å²) in [5, 5.41) is 13.7. The van der Waals surface area contributed by atoms with Crippen LogP contribution in [0.15, 0.2) is 16.9 Å². The Morgan fingerprint density at radius 1 is 1.40 bits per heavy atom. The molecule has 1 aliphatic heterocycles. The van der Waals surface area contributed by atoms with Gasteiger partial charge in [0.2, 0.25) is 0 Å². The van der Waals surface area contributed by atoms with Gasteiger partial charge in [0, 0.05) is 13.1 Å². The van der Waals surface area contributed by atoms with Crippen molar-refractivity contribution in [2.75, 3.05) is 31.5 Å². The van der Waals surface area contributed by atoms with Gasteiger partial charge in [0.25, 0.3) is 0 Å². The van der Waals surface area contributed by atoms with Gasteiger partial charge in [-0.3, -0.25) is 0 Å². The molecule has 1 aliphatic rings. The van der Waals surface area contributed by atoms with Crippen molar-refractivity contribution in [2.24, 2.45) is 5.92 Å². The van der Waals surface area contributed by atoms with Crippen LogP contribution in [0.3, 0.4) is 0 Å². The van der Waals surface area contributed by atoms with Gasteiger partial charge in [-0.05, 0) is 44.0 Å². The van der Waals surface area contributed by atoms with E-state index in [1.54, 1.807) is 6.07 Å². The first-order valence-electron chi connectivity index (χ1n) is 7.13. The monoisotopic (exact) mass is 276 g/mol. The fourth-order valence-corrected chi connectivity index (χ4v) is 2.52. The van der Waals surface area contributed by atoms with Gasteiger partial charge in [-0.15, -0.1) is 5.10 Å². The molecule has 2 aromatic rings. The lowest BCUT2D eigenvalue weighted by Gasteiger charge is -2.30. The van der Waals surface area contributed by atoms with Crippen LogP contribution in [-0.2, 0) is 0 Å². The van der Waals surface area contributed by atoms with Gasteiger partial charge in [-0.1, -0.05) is 6.92 Å². The fraction of sp³-hybridized carbons (Fsp3) is 0.615. The number of aromatic nitrogens is 4. The summed E-state index contributed by atoms with van der Waals surface area (Å²) in [7, 11) is 0. The second kappa shape index (κ2) is 5.62. The molecule has 0 saturated carbocycles. The van der Waals surface area contributed by atoms with Gasteiger partial charge < -0.3 is 10.2 Å². The Kier molecular flexibility index (Phi) is 3.68. The number of hydrogen-bond donors (Lipinski definition) is 2. The van der Waals surface area contributed by atoms with E-state index in [1.807, 2.05) is 6.07 Å². The number of nitrogens with one attached hydrogen (secondary N) is 2. The SMILES string of the molecule is CC1CCN(CCNc2ccc3n[nH]c(=O)n3n2)CC1. The van der Waals surface area contributed by atoms with Crippen LogP contribution in [-0.4, -0.2) is 50.9 Å². The molecule has 0 amide bonds. The number of fused-ring (bicyclic) bond motifs is 1. The number of H-pyrrole nitrogens is 1. The van der Waals surface area contributed by atoms with Gasteiger partial charge in [0.05, 0.1) is 0 Å². The molecule has 20 heavy (non-hydrogen) atoms. The topological polar surface area (TPSA) is 78.3 Å². The summed E-state index contributed by atoms with van der Waals surface area (Å²) < 4.78 is 1.27. The van der Waals surface area contributed by atoms with Crippen LogP contribution in [0.4, 0.5) is 5.82 Å². The van der Waals surface area contributed by atoms with Gasteiger partial charge in [0.15, 0.2) is 5.65 Å². The zero-order chi connectivity index (χ0) is 13.9. The number of rotatable bonds is 4. The molecular formula is C13H20N6O. The summed E-state index contributed by atoms with van der Waals surface area (Å²) in [6.45, 7) is 6.51. The summed E-state index contributed by atoms with van der Waals surface area (Å²) in [5.74, 6) is 1.56. The predicted octanol–water partition coefficient (Wildman–Crippen LogP) is 0.561. The highest BCUT2D eigenvalue weighted by Crippen LogP contribution is 2.15. The molecule has 1 saturated heterocycles. The van der Waals surface area contributed by atoms with Crippen molar-refractivity contribution in [3.8, 4) is 0 Å². The summed E-state index contributed by atoms with van der Waals surface area (Å²) in [6.07, 6.45) is 2.57. The molecule has 0 radical (unpaired) electrons. The summed E-state index contributed by atoms with van der Waals surface area (Å²) in [5.41, 5.74) is 0.222. The van der Waals surface area contributed by atoms with Crippen LogP contribution in [0, 0.1) is 5.92 Å². The number of likely N-dealkylation sites (tertiary alicyclic amines) is 1. The maximum Gasteiger partial charge on any atom is 0.364 e. The van der Waals surface area contributed by atoms with Gasteiger partial charge >= 0.3 is 5.69 Å². The van der Waals surface area contributed by atoms with Gasteiger partial charge in [0.1, 0.15) is 5.82 Å². The van der Waals surface area contributed by atoms with Crippen LogP contribution in [0.5, 0.6) is 0 Å². The van der Waals surface area contributed by atoms with E-state index in [0.29, 0.717) is 11.5 Å². The van der Waals surface area contributed by atoms with Crippen molar-refractivity contribution in [2.45, 2.75) is 19.8 Å². The smallest absolute Gasteiger partial charge is 0.364 e. The Morgan fingerprint density at radius 2 is 2.20 bits per heavy atom. The molecule has 3 rings (SSSR count). The number of anilines is 1. The molecule has 0 bridgehead atoms. The Balaban J connectivity index is 1.54. The summed E-state index contributed by atoms with van der Waals surface area (Å²) in [6, 6.07) is 3.61. The average Bonchev–Trinajstić information content (AvgIpc) is 2.83. The third-order valence-electron chi connectivity index (χ3n) is 3.88. The first-order valence-corrected chi connectivity index (χ1v) is 7.13. The van der Waals surface area contributed by atoms with E-state index < -0.39 is 0 Å². The van der Waals surface area contributed by atoms with Crippen molar-refractivity contribution in [1.29, 1.82) is 0 Å². The normalized spacial score (nSPS) is 17.6.